The number of carbonyl (C=O) groups excluding carboxylic acids is 2. The molecule has 29 heavy (non-hydrogen) atoms. The first-order chi connectivity index (χ1) is 14.1. The van der Waals surface area contributed by atoms with Crippen molar-refractivity contribution in [3.05, 3.63) is 24.3 Å². The number of primary amides is 1. The number of rotatable bonds is 6. The molecule has 156 valence electrons. The highest BCUT2D eigenvalue weighted by molar-refractivity contribution is 5.80. The van der Waals surface area contributed by atoms with Crippen LogP contribution in [0.1, 0.15) is 32.1 Å². The molecule has 4 rings (SSSR count). The van der Waals surface area contributed by atoms with Gasteiger partial charge in [0.05, 0.1) is 5.92 Å². The predicted molar refractivity (Wildman–Crippen MR) is 110 cm³/mol. The minimum absolute atomic E-state index is 0.00769. The summed E-state index contributed by atoms with van der Waals surface area (Å²) in [6.07, 6.45) is 4.19. The van der Waals surface area contributed by atoms with Crippen molar-refractivity contribution < 1.29 is 14.0 Å². The van der Waals surface area contributed by atoms with Crippen molar-refractivity contribution in [3.63, 3.8) is 0 Å². The van der Waals surface area contributed by atoms with E-state index in [-0.39, 0.29) is 24.2 Å². The molecule has 1 aromatic heterocycles. The highest BCUT2D eigenvalue weighted by atomic mass is 16.4. The third-order valence-electron chi connectivity index (χ3n) is 6.03. The van der Waals surface area contributed by atoms with Crippen LogP contribution >= 0.6 is 0 Å². The molecule has 8 nitrogen and oxygen atoms in total. The fourth-order valence-electron chi connectivity index (χ4n) is 4.42. The number of piperidine rings is 2. The van der Waals surface area contributed by atoms with Gasteiger partial charge in [-0.15, -0.1) is 0 Å². The number of carbonyl (C=O) groups is 2. The Bertz CT molecular complexity index is 826. The van der Waals surface area contributed by atoms with Crippen LogP contribution in [0.3, 0.4) is 0 Å². The number of likely N-dealkylation sites (tertiary alicyclic amines) is 1. The summed E-state index contributed by atoms with van der Waals surface area (Å²) in [6.45, 7) is 3.97. The molecule has 0 spiro atoms. The average Bonchev–Trinajstić information content (AvgIpc) is 3.18. The van der Waals surface area contributed by atoms with Crippen LogP contribution in [0.25, 0.3) is 11.1 Å². The number of hydrogen-bond acceptors (Lipinski definition) is 6. The van der Waals surface area contributed by atoms with Gasteiger partial charge in [-0.25, -0.2) is 0 Å². The second-order valence-corrected chi connectivity index (χ2v) is 8.02. The SMILES string of the molecule is NC(=O)CCNC(=O)[C@@H]1CCCN(C2CCN(c3nc4ccccc4o3)CC2)C1. The third kappa shape index (κ3) is 4.70. The number of anilines is 1. The molecule has 2 aromatic rings. The number of benzene rings is 1. The topological polar surface area (TPSA) is 105 Å². The highest BCUT2D eigenvalue weighted by Crippen LogP contribution is 2.28. The van der Waals surface area contributed by atoms with E-state index in [9.17, 15) is 9.59 Å². The van der Waals surface area contributed by atoms with Gasteiger partial charge in [-0.3, -0.25) is 14.5 Å². The number of fused-ring (bicyclic) bond motifs is 1. The summed E-state index contributed by atoms with van der Waals surface area (Å²) in [6, 6.07) is 9.03. The van der Waals surface area contributed by atoms with Crippen LogP contribution in [-0.2, 0) is 9.59 Å². The van der Waals surface area contributed by atoms with E-state index in [0.717, 1.165) is 63.0 Å². The van der Waals surface area contributed by atoms with Crippen molar-refractivity contribution in [2.24, 2.45) is 11.7 Å². The lowest BCUT2D eigenvalue weighted by atomic mass is 9.93. The van der Waals surface area contributed by atoms with Crippen LogP contribution in [-0.4, -0.2) is 60.5 Å². The molecule has 2 aliphatic rings. The van der Waals surface area contributed by atoms with Gasteiger partial charge in [0.2, 0.25) is 11.8 Å². The Morgan fingerprint density at radius 2 is 1.97 bits per heavy atom. The smallest absolute Gasteiger partial charge is 0.298 e. The van der Waals surface area contributed by atoms with Crippen molar-refractivity contribution in [3.8, 4) is 0 Å². The highest BCUT2D eigenvalue weighted by Gasteiger charge is 2.32. The summed E-state index contributed by atoms with van der Waals surface area (Å²) in [7, 11) is 0. The van der Waals surface area contributed by atoms with Crippen LogP contribution in [0.15, 0.2) is 28.7 Å². The molecule has 0 saturated carbocycles. The number of nitrogens with two attached hydrogens (primary N) is 1. The Morgan fingerprint density at radius 3 is 2.72 bits per heavy atom. The molecular weight excluding hydrogens is 370 g/mol. The lowest BCUT2D eigenvalue weighted by Crippen LogP contribution is -2.51. The van der Waals surface area contributed by atoms with E-state index in [1.165, 1.54) is 0 Å². The van der Waals surface area contributed by atoms with Crippen LogP contribution in [0.5, 0.6) is 0 Å². The number of hydrogen-bond donors (Lipinski definition) is 2. The van der Waals surface area contributed by atoms with Gasteiger partial charge in [-0.05, 0) is 44.4 Å². The Kier molecular flexibility index (Phi) is 5.99. The van der Waals surface area contributed by atoms with E-state index in [1.54, 1.807) is 0 Å². The van der Waals surface area contributed by atoms with E-state index in [1.807, 2.05) is 24.3 Å². The summed E-state index contributed by atoms with van der Waals surface area (Å²) in [5, 5.41) is 2.85. The molecule has 2 saturated heterocycles. The molecule has 1 atom stereocenters. The maximum absolute atomic E-state index is 12.4. The third-order valence-corrected chi connectivity index (χ3v) is 6.03. The Balaban J connectivity index is 1.28. The first kappa shape index (κ1) is 19.7. The fraction of sp³-hybridized carbons (Fsp3) is 0.571. The Labute approximate surface area is 170 Å². The van der Waals surface area contributed by atoms with Crippen molar-refractivity contribution in [2.45, 2.75) is 38.1 Å². The molecule has 1 aromatic carbocycles. The van der Waals surface area contributed by atoms with Crippen molar-refractivity contribution in [1.29, 1.82) is 0 Å². The van der Waals surface area contributed by atoms with E-state index in [2.05, 4.69) is 20.1 Å². The van der Waals surface area contributed by atoms with Crippen molar-refractivity contribution in [1.82, 2.24) is 15.2 Å². The first-order valence-electron chi connectivity index (χ1n) is 10.5. The normalized spacial score (nSPS) is 21.4. The van der Waals surface area contributed by atoms with Gasteiger partial charge in [-0.2, -0.15) is 4.98 Å². The van der Waals surface area contributed by atoms with Crippen LogP contribution in [0, 0.1) is 5.92 Å². The van der Waals surface area contributed by atoms with Crippen LogP contribution in [0.2, 0.25) is 0 Å². The molecule has 3 heterocycles. The summed E-state index contributed by atoms with van der Waals surface area (Å²) in [4.78, 5) is 32.5. The number of amides is 2. The lowest BCUT2D eigenvalue weighted by molar-refractivity contribution is -0.127. The van der Waals surface area contributed by atoms with E-state index in [4.69, 9.17) is 10.2 Å². The monoisotopic (exact) mass is 399 g/mol. The van der Waals surface area contributed by atoms with E-state index in [0.29, 0.717) is 18.6 Å². The predicted octanol–water partition coefficient (Wildman–Crippen LogP) is 1.50. The summed E-state index contributed by atoms with van der Waals surface area (Å²) in [5.41, 5.74) is 6.86. The quantitative estimate of drug-likeness (QED) is 0.763. The minimum atomic E-state index is -0.388. The van der Waals surface area contributed by atoms with Crippen LogP contribution < -0.4 is 16.0 Å². The number of nitrogens with one attached hydrogen (secondary N) is 1. The molecule has 0 radical (unpaired) electrons. The summed E-state index contributed by atoms with van der Waals surface area (Å²) in [5.74, 6) is -0.354. The Morgan fingerprint density at radius 1 is 1.17 bits per heavy atom. The molecule has 2 aliphatic heterocycles. The van der Waals surface area contributed by atoms with Gasteiger partial charge in [-0.1, -0.05) is 12.1 Å². The van der Waals surface area contributed by atoms with Crippen LogP contribution in [0.4, 0.5) is 6.01 Å². The molecule has 0 bridgehead atoms. The van der Waals surface area contributed by atoms with Crippen molar-refractivity contribution >= 4 is 28.9 Å². The largest absolute Gasteiger partial charge is 0.423 e. The van der Waals surface area contributed by atoms with Gasteiger partial charge in [0.1, 0.15) is 5.52 Å². The molecule has 3 N–H and O–H groups in total. The lowest BCUT2D eigenvalue weighted by Gasteiger charge is -2.41. The maximum atomic E-state index is 12.4. The zero-order valence-electron chi connectivity index (χ0n) is 16.7. The minimum Gasteiger partial charge on any atom is -0.423 e. The number of aromatic nitrogens is 1. The average molecular weight is 399 g/mol. The number of oxazole rings is 1. The standard InChI is InChI=1S/C21H29N5O3/c22-19(27)7-10-23-20(28)15-4-3-11-26(14-15)16-8-12-25(13-9-16)21-24-17-5-1-2-6-18(17)29-21/h1-2,5-6,15-16H,3-4,7-14H2,(H2,22,27)(H,23,28)/t15-/m1/s1. The Hall–Kier alpha value is -2.61. The van der Waals surface area contributed by atoms with Gasteiger partial charge in [0.25, 0.3) is 6.01 Å². The van der Waals surface area contributed by atoms with Gasteiger partial charge < -0.3 is 20.4 Å². The fourth-order valence-corrected chi connectivity index (χ4v) is 4.42. The second-order valence-electron chi connectivity index (χ2n) is 8.02. The second kappa shape index (κ2) is 8.82. The summed E-state index contributed by atoms with van der Waals surface area (Å²) < 4.78 is 5.91. The van der Waals surface area contributed by atoms with E-state index >= 15 is 0 Å². The zero-order valence-corrected chi connectivity index (χ0v) is 16.7. The van der Waals surface area contributed by atoms with Gasteiger partial charge >= 0.3 is 0 Å². The maximum Gasteiger partial charge on any atom is 0.298 e. The molecule has 2 amide bonds. The molecule has 8 heteroatoms. The van der Waals surface area contributed by atoms with Gasteiger partial charge in [0, 0.05) is 38.6 Å². The molecule has 0 unspecified atom stereocenters. The van der Waals surface area contributed by atoms with Crippen molar-refractivity contribution in [2.75, 3.05) is 37.6 Å². The zero-order chi connectivity index (χ0) is 20.2. The number of para-hydroxylation sites is 2. The summed E-state index contributed by atoms with van der Waals surface area (Å²) >= 11 is 0. The molecule has 0 aliphatic carbocycles. The molecular formula is C21H29N5O3. The van der Waals surface area contributed by atoms with E-state index < -0.39 is 0 Å². The molecule has 2 fully saturated rings. The number of nitrogens with zero attached hydrogens (tertiary/aromatic N) is 3. The van der Waals surface area contributed by atoms with Gasteiger partial charge in [0.15, 0.2) is 5.58 Å². The first-order valence-corrected chi connectivity index (χ1v) is 10.5.